The van der Waals surface area contributed by atoms with Crippen molar-refractivity contribution in [3.05, 3.63) is 48.0 Å². The van der Waals surface area contributed by atoms with E-state index in [9.17, 15) is 5.11 Å². The molecule has 0 amide bonds. The maximum Gasteiger partial charge on any atom is 0.123 e. The van der Waals surface area contributed by atoms with Crippen LogP contribution in [0.15, 0.2) is 36.7 Å². The van der Waals surface area contributed by atoms with Gasteiger partial charge in [0.2, 0.25) is 0 Å². The van der Waals surface area contributed by atoms with Gasteiger partial charge in [0.05, 0.1) is 20.3 Å². The first kappa shape index (κ1) is 16.5. The Bertz CT molecular complexity index is 581. The van der Waals surface area contributed by atoms with Gasteiger partial charge in [-0.25, -0.2) is 4.98 Å². The molecule has 0 spiro atoms. The topological polar surface area (TPSA) is 50.5 Å². The molecule has 0 bridgehead atoms. The van der Waals surface area contributed by atoms with Crippen LogP contribution >= 0.6 is 0 Å². The van der Waals surface area contributed by atoms with Crippen LogP contribution in [0.3, 0.4) is 0 Å². The second-order valence-corrected chi connectivity index (χ2v) is 5.59. The van der Waals surface area contributed by atoms with E-state index in [1.807, 2.05) is 30.6 Å². The second-order valence-electron chi connectivity index (χ2n) is 5.59. The minimum Gasteiger partial charge on any atom is -0.496 e. The molecule has 2 rings (SSSR count). The summed E-state index contributed by atoms with van der Waals surface area (Å²) in [6, 6.07) is 8.35. The van der Waals surface area contributed by atoms with Crippen LogP contribution < -0.4 is 4.74 Å². The molecule has 5 heteroatoms. The van der Waals surface area contributed by atoms with Crippen LogP contribution in [0, 0.1) is 0 Å². The predicted octanol–water partition coefficient (Wildman–Crippen LogP) is 2.47. The van der Waals surface area contributed by atoms with Crippen LogP contribution in [-0.4, -0.2) is 39.8 Å². The molecule has 1 aromatic carbocycles. The van der Waals surface area contributed by atoms with Crippen LogP contribution in [0.2, 0.25) is 0 Å². The third-order valence-corrected chi connectivity index (χ3v) is 3.67. The lowest BCUT2D eigenvalue weighted by atomic mass is 10.2. The highest BCUT2D eigenvalue weighted by atomic mass is 16.5. The summed E-state index contributed by atoms with van der Waals surface area (Å²) < 4.78 is 7.57. The average Bonchev–Trinajstić information content (AvgIpc) is 2.96. The van der Waals surface area contributed by atoms with Crippen molar-refractivity contribution in [2.24, 2.45) is 0 Å². The monoisotopic (exact) mass is 303 g/mol. The van der Waals surface area contributed by atoms with E-state index in [4.69, 9.17) is 4.74 Å². The van der Waals surface area contributed by atoms with Crippen LogP contribution in [0.5, 0.6) is 5.75 Å². The van der Waals surface area contributed by atoms with E-state index in [0.717, 1.165) is 23.7 Å². The Kier molecular flexibility index (Phi) is 5.98. The number of nitrogens with zero attached hydrogens (tertiary/aromatic N) is 3. The Morgan fingerprint density at radius 1 is 1.27 bits per heavy atom. The normalized spacial score (nSPS) is 11.4. The zero-order valence-electron chi connectivity index (χ0n) is 13.6. The molecule has 0 fully saturated rings. The smallest absolute Gasteiger partial charge is 0.123 e. The summed E-state index contributed by atoms with van der Waals surface area (Å²) in [5.74, 6) is 1.89. The highest BCUT2D eigenvalue weighted by Gasteiger charge is 2.14. The summed E-state index contributed by atoms with van der Waals surface area (Å²) in [7, 11) is 1.68. The summed E-state index contributed by atoms with van der Waals surface area (Å²) in [5.41, 5.74) is 1.11. The van der Waals surface area contributed by atoms with E-state index in [2.05, 4.69) is 34.4 Å². The summed E-state index contributed by atoms with van der Waals surface area (Å²) in [5, 5.41) is 9.35. The summed E-state index contributed by atoms with van der Waals surface area (Å²) in [6.07, 6.45) is 3.83. The molecule has 0 unspecified atom stereocenters. The molecule has 1 aromatic heterocycles. The maximum atomic E-state index is 9.35. The van der Waals surface area contributed by atoms with Gasteiger partial charge in [-0.2, -0.15) is 0 Å². The van der Waals surface area contributed by atoms with Gasteiger partial charge in [0, 0.05) is 37.1 Å². The molecule has 0 saturated carbocycles. The molecular formula is C17H25N3O2. The summed E-state index contributed by atoms with van der Waals surface area (Å²) >= 11 is 0. The van der Waals surface area contributed by atoms with Crippen molar-refractivity contribution in [2.75, 3.05) is 20.3 Å². The molecule has 2 aromatic rings. The molecule has 0 radical (unpaired) electrons. The van der Waals surface area contributed by atoms with Gasteiger partial charge in [-0.3, -0.25) is 4.90 Å². The van der Waals surface area contributed by atoms with Crippen molar-refractivity contribution in [3.8, 4) is 5.75 Å². The molecule has 120 valence electrons. The highest BCUT2D eigenvalue weighted by molar-refractivity contribution is 5.33. The lowest BCUT2D eigenvalue weighted by molar-refractivity contribution is 0.177. The lowest BCUT2D eigenvalue weighted by Gasteiger charge is -2.23. The van der Waals surface area contributed by atoms with Crippen molar-refractivity contribution in [3.63, 3.8) is 0 Å². The van der Waals surface area contributed by atoms with Crippen molar-refractivity contribution < 1.29 is 9.84 Å². The third kappa shape index (κ3) is 4.08. The molecular weight excluding hydrogens is 278 g/mol. The Morgan fingerprint density at radius 3 is 2.73 bits per heavy atom. The van der Waals surface area contributed by atoms with Crippen molar-refractivity contribution in [1.82, 2.24) is 14.5 Å². The molecule has 0 atom stereocenters. The molecule has 1 heterocycles. The van der Waals surface area contributed by atoms with E-state index >= 15 is 0 Å². The fourth-order valence-electron chi connectivity index (χ4n) is 2.57. The fraction of sp³-hybridized carbons (Fsp3) is 0.471. The van der Waals surface area contributed by atoms with Gasteiger partial charge < -0.3 is 14.4 Å². The van der Waals surface area contributed by atoms with Crippen LogP contribution in [0.25, 0.3) is 0 Å². The highest BCUT2D eigenvalue weighted by Crippen LogP contribution is 2.20. The molecule has 0 saturated heterocycles. The van der Waals surface area contributed by atoms with E-state index < -0.39 is 0 Å². The molecule has 5 nitrogen and oxygen atoms in total. The SMILES string of the molecule is COc1ccccc1CN(CCO)Cc1nccn1C(C)C. The molecule has 0 aliphatic heterocycles. The number of aromatic nitrogens is 2. The van der Waals surface area contributed by atoms with Crippen LogP contribution in [0.1, 0.15) is 31.3 Å². The van der Waals surface area contributed by atoms with E-state index in [1.165, 1.54) is 0 Å². The largest absolute Gasteiger partial charge is 0.496 e. The lowest BCUT2D eigenvalue weighted by Crippen LogP contribution is -2.28. The molecule has 22 heavy (non-hydrogen) atoms. The number of ether oxygens (including phenoxy) is 1. The Hall–Kier alpha value is -1.85. The number of imidazole rings is 1. The van der Waals surface area contributed by atoms with Crippen LogP contribution in [-0.2, 0) is 13.1 Å². The standard InChI is InChI=1S/C17H25N3O2/c1-14(2)20-9-8-18-17(20)13-19(10-11-21)12-15-6-4-5-7-16(15)22-3/h4-9,14,21H,10-13H2,1-3H3. The third-order valence-electron chi connectivity index (χ3n) is 3.67. The number of aliphatic hydroxyl groups excluding tert-OH is 1. The number of hydrogen-bond acceptors (Lipinski definition) is 4. The van der Waals surface area contributed by atoms with E-state index in [-0.39, 0.29) is 6.61 Å². The predicted molar refractivity (Wildman–Crippen MR) is 86.8 cm³/mol. The van der Waals surface area contributed by atoms with Gasteiger partial charge in [0.25, 0.3) is 0 Å². The second kappa shape index (κ2) is 7.96. The van der Waals surface area contributed by atoms with Crippen molar-refractivity contribution in [2.45, 2.75) is 33.0 Å². The molecule has 1 N–H and O–H groups in total. The zero-order valence-corrected chi connectivity index (χ0v) is 13.6. The van der Waals surface area contributed by atoms with E-state index in [1.54, 1.807) is 7.11 Å². The zero-order chi connectivity index (χ0) is 15.9. The summed E-state index contributed by atoms with van der Waals surface area (Å²) in [6.45, 7) is 6.42. The van der Waals surface area contributed by atoms with Gasteiger partial charge in [-0.15, -0.1) is 0 Å². The summed E-state index contributed by atoms with van der Waals surface area (Å²) in [4.78, 5) is 6.63. The van der Waals surface area contributed by atoms with Gasteiger partial charge in [-0.05, 0) is 19.9 Å². The van der Waals surface area contributed by atoms with Crippen molar-refractivity contribution >= 4 is 0 Å². The number of rotatable bonds is 8. The number of aliphatic hydroxyl groups is 1. The van der Waals surface area contributed by atoms with Crippen LogP contribution in [0.4, 0.5) is 0 Å². The minimum absolute atomic E-state index is 0.123. The first-order valence-electron chi connectivity index (χ1n) is 7.62. The quantitative estimate of drug-likeness (QED) is 0.814. The van der Waals surface area contributed by atoms with Gasteiger partial charge in [-0.1, -0.05) is 18.2 Å². The maximum absolute atomic E-state index is 9.35. The van der Waals surface area contributed by atoms with Gasteiger partial charge in [0.1, 0.15) is 11.6 Å². The molecule has 0 aliphatic carbocycles. The Balaban J connectivity index is 2.14. The first-order valence-corrected chi connectivity index (χ1v) is 7.62. The average molecular weight is 303 g/mol. The Morgan fingerprint density at radius 2 is 2.05 bits per heavy atom. The number of benzene rings is 1. The minimum atomic E-state index is 0.123. The fourth-order valence-corrected chi connectivity index (χ4v) is 2.57. The van der Waals surface area contributed by atoms with E-state index in [0.29, 0.717) is 19.1 Å². The number of methoxy groups -OCH3 is 1. The van der Waals surface area contributed by atoms with Gasteiger partial charge >= 0.3 is 0 Å². The number of hydrogen-bond donors (Lipinski definition) is 1. The van der Waals surface area contributed by atoms with Gasteiger partial charge in [0.15, 0.2) is 0 Å². The van der Waals surface area contributed by atoms with Crippen molar-refractivity contribution in [1.29, 1.82) is 0 Å². The number of para-hydroxylation sites is 1. The Labute approximate surface area is 132 Å². The first-order chi connectivity index (χ1) is 10.7. The molecule has 0 aliphatic rings.